The molecule has 0 aliphatic carbocycles. The van der Waals surface area contributed by atoms with Crippen LogP contribution in [0.5, 0.6) is 5.75 Å². The maximum Gasteiger partial charge on any atom is 0.119 e. The number of rotatable bonds is 6. The molecule has 0 amide bonds. The van der Waals surface area contributed by atoms with Crippen molar-refractivity contribution in [1.29, 1.82) is 0 Å². The molecule has 2 atom stereocenters. The van der Waals surface area contributed by atoms with E-state index in [9.17, 15) is 5.11 Å². The number of halogens is 1. The van der Waals surface area contributed by atoms with Gasteiger partial charge in [0.2, 0.25) is 0 Å². The highest BCUT2D eigenvalue weighted by Gasteiger charge is 2.22. The normalized spacial score (nSPS) is 14.0. The number of ether oxygens (including phenoxy) is 1. The fourth-order valence-corrected chi connectivity index (χ4v) is 3.34. The Balaban J connectivity index is 2.18. The van der Waals surface area contributed by atoms with E-state index in [4.69, 9.17) is 10.5 Å². The molecule has 1 aromatic heterocycles. The molecule has 0 saturated carbocycles. The number of benzene rings is 1. The molecule has 0 aliphatic rings. The van der Waals surface area contributed by atoms with Crippen LogP contribution in [0.15, 0.2) is 39.5 Å². The first kappa shape index (κ1) is 15.5. The molecule has 0 spiro atoms. The SMILES string of the molecule is CCOc1ccc(C(CN)C(O)c2csc(Br)c2)cc1. The molecular weight excluding hydrogens is 338 g/mol. The molecule has 3 nitrogen and oxygen atoms in total. The third-order valence-electron chi connectivity index (χ3n) is 3.18. The minimum atomic E-state index is -0.597. The summed E-state index contributed by atoms with van der Waals surface area (Å²) in [4.78, 5) is 0. The largest absolute Gasteiger partial charge is 0.494 e. The van der Waals surface area contributed by atoms with Crippen molar-refractivity contribution in [2.45, 2.75) is 18.9 Å². The maximum absolute atomic E-state index is 10.5. The van der Waals surface area contributed by atoms with Gasteiger partial charge in [-0.1, -0.05) is 12.1 Å². The molecule has 0 saturated heterocycles. The van der Waals surface area contributed by atoms with E-state index in [1.54, 1.807) is 11.3 Å². The van der Waals surface area contributed by atoms with Gasteiger partial charge in [-0.15, -0.1) is 11.3 Å². The van der Waals surface area contributed by atoms with Crippen molar-refractivity contribution in [2.75, 3.05) is 13.2 Å². The van der Waals surface area contributed by atoms with Crippen molar-refractivity contribution >= 4 is 27.3 Å². The van der Waals surface area contributed by atoms with E-state index in [0.29, 0.717) is 13.2 Å². The fourth-order valence-electron chi connectivity index (χ4n) is 2.14. The summed E-state index contributed by atoms with van der Waals surface area (Å²) in [5.41, 5.74) is 7.76. The molecule has 2 aromatic rings. The van der Waals surface area contributed by atoms with Gasteiger partial charge in [0.15, 0.2) is 0 Å². The summed E-state index contributed by atoms with van der Waals surface area (Å²) < 4.78 is 6.43. The molecule has 3 N–H and O–H groups in total. The van der Waals surface area contributed by atoms with Crippen LogP contribution in [-0.4, -0.2) is 18.3 Å². The minimum absolute atomic E-state index is 0.118. The Morgan fingerprint density at radius 1 is 1.30 bits per heavy atom. The van der Waals surface area contributed by atoms with Gasteiger partial charge in [0.05, 0.1) is 16.5 Å². The van der Waals surface area contributed by atoms with E-state index in [-0.39, 0.29) is 5.92 Å². The molecule has 2 unspecified atom stereocenters. The number of aliphatic hydroxyl groups is 1. The van der Waals surface area contributed by atoms with Crippen LogP contribution in [0.1, 0.15) is 30.1 Å². The van der Waals surface area contributed by atoms with Crippen molar-refractivity contribution in [3.05, 3.63) is 50.6 Å². The van der Waals surface area contributed by atoms with Gasteiger partial charge in [-0.25, -0.2) is 0 Å². The first-order valence-electron chi connectivity index (χ1n) is 6.50. The summed E-state index contributed by atoms with van der Waals surface area (Å²) in [6, 6.07) is 9.70. The summed E-state index contributed by atoms with van der Waals surface area (Å²) in [5.74, 6) is 0.715. The Bertz CT molecular complexity index is 541. The zero-order chi connectivity index (χ0) is 14.5. The molecule has 0 bridgehead atoms. The standard InChI is InChI=1S/C15H18BrNO2S/c1-2-19-12-5-3-10(4-6-12)13(8-17)15(18)11-7-14(16)20-9-11/h3-7,9,13,15,18H,2,8,17H2,1H3. The molecule has 108 valence electrons. The van der Waals surface area contributed by atoms with Crippen LogP contribution >= 0.6 is 27.3 Å². The Labute approximate surface area is 131 Å². The van der Waals surface area contributed by atoms with E-state index in [2.05, 4.69) is 15.9 Å². The number of aliphatic hydroxyl groups excluding tert-OH is 1. The van der Waals surface area contributed by atoms with Crippen LogP contribution in [0.3, 0.4) is 0 Å². The van der Waals surface area contributed by atoms with Gasteiger partial charge in [-0.2, -0.15) is 0 Å². The quantitative estimate of drug-likeness (QED) is 0.830. The summed E-state index contributed by atoms with van der Waals surface area (Å²) >= 11 is 4.97. The van der Waals surface area contributed by atoms with Gasteiger partial charge in [0, 0.05) is 12.5 Å². The molecule has 2 rings (SSSR count). The minimum Gasteiger partial charge on any atom is -0.494 e. The molecule has 20 heavy (non-hydrogen) atoms. The molecule has 5 heteroatoms. The average Bonchev–Trinajstić information content (AvgIpc) is 2.88. The second-order valence-corrected chi connectivity index (χ2v) is 6.76. The van der Waals surface area contributed by atoms with Gasteiger partial charge in [0.25, 0.3) is 0 Å². The van der Waals surface area contributed by atoms with Gasteiger partial charge < -0.3 is 15.6 Å². The maximum atomic E-state index is 10.5. The van der Waals surface area contributed by atoms with Crippen molar-refractivity contribution in [2.24, 2.45) is 5.73 Å². The zero-order valence-corrected chi connectivity index (χ0v) is 13.7. The lowest BCUT2D eigenvalue weighted by Crippen LogP contribution is -2.19. The highest BCUT2D eigenvalue weighted by atomic mass is 79.9. The summed E-state index contributed by atoms with van der Waals surface area (Å²) in [6.45, 7) is 2.99. The monoisotopic (exact) mass is 355 g/mol. The predicted molar refractivity (Wildman–Crippen MR) is 86.4 cm³/mol. The van der Waals surface area contributed by atoms with Crippen molar-refractivity contribution < 1.29 is 9.84 Å². The third kappa shape index (κ3) is 3.61. The van der Waals surface area contributed by atoms with Crippen LogP contribution in [-0.2, 0) is 0 Å². The first-order chi connectivity index (χ1) is 9.65. The van der Waals surface area contributed by atoms with Crippen LogP contribution < -0.4 is 10.5 Å². The van der Waals surface area contributed by atoms with E-state index in [1.807, 2.05) is 42.6 Å². The molecule has 0 aliphatic heterocycles. The van der Waals surface area contributed by atoms with Crippen LogP contribution in [0.2, 0.25) is 0 Å². The summed E-state index contributed by atoms with van der Waals surface area (Å²) in [5, 5.41) is 12.4. The van der Waals surface area contributed by atoms with Gasteiger partial charge in [-0.05, 0) is 57.6 Å². The summed E-state index contributed by atoms with van der Waals surface area (Å²) in [7, 11) is 0. The Kier molecular flexibility index (Phi) is 5.60. The molecule has 0 fully saturated rings. The molecule has 0 radical (unpaired) electrons. The highest BCUT2D eigenvalue weighted by molar-refractivity contribution is 9.11. The van der Waals surface area contributed by atoms with E-state index >= 15 is 0 Å². The molecule has 1 aromatic carbocycles. The lowest BCUT2D eigenvalue weighted by atomic mass is 9.90. The fraction of sp³-hybridized carbons (Fsp3) is 0.333. The van der Waals surface area contributed by atoms with Crippen molar-refractivity contribution in [3.63, 3.8) is 0 Å². The van der Waals surface area contributed by atoms with Gasteiger partial charge in [-0.3, -0.25) is 0 Å². The van der Waals surface area contributed by atoms with Crippen molar-refractivity contribution in [3.8, 4) is 5.75 Å². The zero-order valence-electron chi connectivity index (χ0n) is 11.3. The summed E-state index contributed by atoms with van der Waals surface area (Å²) in [6.07, 6.45) is -0.597. The number of hydrogen-bond acceptors (Lipinski definition) is 4. The Hall–Kier alpha value is -0.880. The van der Waals surface area contributed by atoms with E-state index < -0.39 is 6.10 Å². The second-order valence-electron chi connectivity index (χ2n) is 4.47. The smallest absolute Gasteiger partial charge is 0.119 e. The lowest BCUT2D eigenvalue weighted by Gasteiger charge is -2.21. The van der Waals surface area contributed by atoms with Gasteiger partial charge >= 0.3 is 0 Å². The average molecular weight is 356 g/mol. The Morgan fingerprint density at radius 2 is 2.00 bits per heavy atom. The second kappa shape index (κ2) is 7.22. The first-order valence-corrected chi connectivity index (χ1v) is 8.17. The number of hydrogen-bond donors (Lipinski definition) is 2. The van der Waals surface area contributed by atoms with E-state index in [1.165, 1.54) is 0 Å². The third-order valence-corrected chi connectivity index (χ3v) is 4.71. The topological polar surface area (TPSA) is 55.5 Å². The lowest BCUT2D eigenvalue weighted by molar-refractivity contribution is 0.148. The Morgan fingerprint density at radius 3 is 2.50 bits per heavy atom. The van der Waals surface area contributed by atoms with Crippen LogP contribution in [0.4, 0.5) is 0 Å². The van der Waals surface area contributed by atoms with Crippen LogP contribution in [0, 0.1) is 0 Å². The molecule has 1 heterocycles. The molecular formula is C15H18BrNO2S. The van der Waals surface area contributed by atoms with Crippen molar-refractivity contribution in [1.82, 2.24) is 0 Å². The van der Waals surface area contributed by atoms with Gasteiger partial charge in [0.1, 0.15) is 5.75 Å². The van der Waals surface area contributed by atoms with E-state index in [0.717, 1.165) is 20.7 Å². The number of nitrogens with two attached hydrogens (primary N) is 1. The van der Waals surface area contributed by atoms with Crippen LogP contribution in [0.25, 0.3) is 0 Å². The number of thiophene rings is 1. The highest BCUT2D eigenvalue weighted by Crippen LogP contribution is 2.34. The predicted octanol–water partition coefficient (Wildman–Crippen LogP) is 3.69.